The maximum atomic E-state index is 13.4. The van der Waals surface area contributed by atoms with Crippen LogP contribution in [0.25, 0.3) is 10.2 Å². The smallest absolute Gasteiger partial charge is 0.321 e. The quantitative estimate of drug-likeness (QED) is 0.724. The molecule has 3 amide bonds. The fraction of sp³-hybridized carbons (Fsp3) is 0.211. The van der Waals surface area contributed by atoms with E-state index < -0.39 is 11.8 Å². The predicted molar refractivity (Wildman–Crippen MR) is 104 cm³/mol. The van der Waals surface area contributed by atoms with E-state index >= 15 is 0 Å². The molecule has 1 aromatic heterocycles. The number of hydrogen-bond acceptors (Lipinski definition) is 4. The molecule has 8 heteroatoms. The van der Waals surface area contributed by atoms with Gasteiger partial charge in [-0.15, -0.1) is 0 Å². The molecule has 0 spiro atoms. The van der Waals surface area contributed by atoms with Gasteiger partial charge in [-0.25, -0.2) is 14.2 Å². The molecule has 2 heterocycles. The standard InChI is InChI=1S/C19H17FN4O2S/c1-11-4-2-7-15-17(11)22-19(27-15)23-18(26)21-13-9-16(25)24(10-13)14-6-3-5-12(20)8-14/h2-8,13H,9-10H2,1H3,(H2,21,22,23,26)/t13-/m1/s1. The third-order valence-corrected chi connectivity index (χ3v) is 5.36. The Morgan fingerprint density at radius 1 is 1.30 bits per heavy atom. The molecule has 6 nitrogen and oxygen atoms in total. The molecule has 0 saturated carbocycles. The van der Waals surface area contributed by atoms with Gasteiger partial charge in [-0.2, -0.15) is 0 Å². The van der Waals surface area contributed by atoms with Gasteiger partial charge in [-0.3, -0.25) is 10.1 Å². The zero-order chi connectivity index (χ0) is 19.0. The zero-order valence-electron chi connectivity index (χ0n) is 14.5. The topological polar surface area (TPSA) is 74.3 Å². The molecular formula is C19H17FN4O2S. The summed E-state index contributed by atoms with van der Waals surface area (Å²) >= 11 is 1.40. The fourth-order valence-electron chi connectivity index (χ4n) is 3.16. The number of hydrogen-bond donors (Lipinski definition) is 2. The maximum Gasteiger partial charge on any atom is 0.321 e. The SMILES string of the molecule is Cc1cccc2sc(NC(=O)N[C@@H]3CC(=O)N(c4cccc(F)c4)C3)nc12. The second-order valence-corrected chi connectivity index (χ2v) is 7.46. The molecule has 0 unspecified atom stereocenters. The van der Waals surface area contributed by atoms with Gasteiger partial charge in [-0.05, 0) is 36.8 Å². The fourth-order valence-corrected chi connectivity index (χ4v) is 4.09. The highest BCUT2D eigenvalue weighted by atomic mass is 32.1. The molecule has 1 aliphatic heterocycles. The molecule has 3 aromatic rings. The highest BCUT2D eigenvalue weighted by molar-refractivity contribution is 7.22. The Morgan fingerprint density at radius 2 is 2.11 bits per heavy atom. The monoisotopic (exact) mass is 384 g/mol. The summed E-state index contributed by atoms with van der Waals surface area (Å²) in [5.41, 5.74) is 2.40. The van der Waals surface area contributed by atoms with Gasteiger partial charge in [0.2, 0.25) is 5.91 Å². The lowest BCUT2D eigenvalue weighted by molar-refractivity contribution is -0.117. The molecule has 1 saturated heterocycles. The van der Waals surface area contributed by atoms with Crippen molar-refractivity contribution in [2.24, 2.45) is 0 Å². The van der Waals surface area contributed by atoms with Gasteiger partial charge < -0.3 is 10.2 Å². The number of rotatable bonds is 3. The Morgan fingerprint density at radius 3 is 2.89 bits per heavy atom. The van der Waals surface area contributed by atoms with Crippen LogP contribution in [0.3, 0.4) is 0 Å². The van der Waals surface area contributed by atoms with E-state index in [0.717, 1.165) is 15.8 Å². The van der Waals surface area contributed by atoms with Crippen LogP contribution in [0.4, 0.5) is 20.0 Å². The van der Waals surface area contributed by atoms with Crippen LogP contribution < -0.4 is 15.5 Å². The summed E-state index contributed by atoms with van der Waals surface area (Å²) < 4.78 is 14.4. The number of nitrogens with zero attached hydrogens (tertiary/aromatic N) is 2. The summed E-state index contributed by atoms with van der Waals surface area (Å²) in [7, 11) is 0. The Labute approximate surface area is 159 Å². The van der Waals surface area contributed by atoms with Gasteiger partial charge in [0.05, 0.1) is 16.3 Å². The van der Waals surface area contributed by atoms with Crippen molar-refractivity contribution in [3.8, 4) is 0 Å². The first-order valence-electron chi connectivity index (χ1n) is 8.49. The summed E-state index contributed by atoms with van der Waals surface area (Å²) in [5, 5.41) is 6.03. The van der Waals surface area contributed by atoms with Gasteiger partial charge in [0.1, 0.15) is 5.82 Å². The van der Waals surface area contributed by atoms with Crippen LogP contribution >= 0.6 is 11.3 Å². The number of nitrogens with one attached hydrogen (secondary N) is 2. The molecule has 2 N–H and O–H groups in total. The molecule has 1 fully saturated rings. The van der Waals surface area contributed by atoms with E-state index in [1.165, 1.54) is 28.4 Å². The lowest BCUT2D eigenvalue weighted by atomic mass is 10.2. The number of benzene rings is 2. The number of carbonyl (C=O) groups is 2. The van der Waals surface area contributed by atoms with E-state index in [4.69, 9.17) is 0 Å². The van der Waals surface area contributed by atoms with E-state index in [1.807, 2.05) is 25.1 Å². The molecule has 4 rings (SSSR count). The van der Waals surface area contributed by atoms with Crippen LogP contribution in [-0.2, 0) is 4.79 Å². The van der Waals surface area contributed by atoms with E-state index in [9.17, 15) is 14.0 Å². The van der Waals surface area contributed by atoms with Crippen molar-refractivity contribution in [2.75, 3.05) is 16.8 Å². The average molecular weight is 384 g/mol. The number of anilines is 2. The second-order valence-electron chi connectivity index (χ2n) is 6.42. The third kappa shape index (κ3) is 3.61. The number of halogens is 1. The van der Waals surface area contributed by atoms with Crippen LogP contribution in [0, 0.1) is 12.7 Å². The zero-order valence-corrected chi connectivity index (χ0v) is 15.3. The molecule has 1 atom stereocenters. The number of aromatic nitrogens is 1. The van der Waals surface area contributed by atoms with Crippen molar-refractivity contribution in [1.82, 2.24) is 10.3 Å². The van der Waals surface area contributed by atoms with Crippen molar-refractivity contribution < 1.29 is 14.0 Å². The van der Waals surface area contributed by atoms with E-state index in [-0.39, 0.29) is 18.4 Å². The van der Waals surface area contributed by atoms with E-state index in [2.05, 4.69) is 15.6 Å². The van der Waals surface area contributed by atoms with Gasteiger partial charge >= 0.3 is 6.03 Å². The Bertz CT molecular complexity index is 1040. The Balaban J connectivity index is 1.41. The predicted octanol–water partition coefficient (Wildman–Crippen LogP) is 3.67. The minimum Gasteiger partial charge on any atom is -0.333 e. The van der Waals surface area contributed by atoms with Gasteiger partial charge in [0.15, 0.2) is 5.13 Å². The molecule has 0 radical (unpaired) electrons. The van der Waals surface area contributed by atoms with E-state index in [1.54, 1.807) is 12.1 Å². The number of amides is 3. The molecule has 138 valence electrons. The summed E-state index contributed by atoms with van der Waals surface area (Å²) in [5.74, 6) is -0.554. The molecule has 2 aromatic carbocycles. The van der Waals surface area contributed by atoms with Crippen LogP contribution in [0.15, 0.2) is 42.5 Å². The molecule has 0 aliphatic carbocycles. The number of aryl methyl sites for hydroxylation is 1. The van der Waals surface area contributed by atoms with Crippen molar-refractivity contribution in [2.45, 2.75) is 19.4 Å². The van der Waals surface area contributed by atoms with Crippen LogP contribution in [-0.4, -0.2) is 29.5 Å². The highest BCUT2D eigenvalue weighted by Crippen LogP contribution is 2.28. The average Bonchev–Trinajstić information content (AvgIpc) is 3.18. The first kappa shape index (κ1) is 17.4. The van der Waals surface area contributed by atoms with Crippen molar-refractivity contribution in [1.29, 1.82) is 0 Å². The number of carbonyl (C=O) groups excluding carboxylic acids is 2. The first-order chi connectivity index (χ1) is 13.0. The summed E-state index contributed by atoms with van der Waals surface area (Å²) in [4.78, 5) is 30.4. The maximum absolute atomic E-state index is 13.4. The third-order valence-electron chi connectivity index (χ3n) is 4.42. The summed E-state index contributed by atoms with van der Waals surface area (Å²) in [6, 6.07) is 11.0. The minimum absolute atomic E-state index is 0.151. The first-order valence-corrected chi connectivity index (χ1v) is 9.31. The second kappa shape index (κ2) is 6.96. The van der Waals surface area contributed by atoms with Crippen molar-refractivity contribution in [3.05, 3.63) is 53.8 Å². The molecular weight excluding hydrogens is 367 g/mol. The van der Waals surface area contributed by atoms with Crippen molar-refractivity contribution >= 4 is 44.3 Å². The number of thiazole rings is 1. The lowest BCUT2D eigenvalue weighted by Gasteiger charge is -2.17. The summed E-state index contributed by atoms with van der Waals surface area (Å²) in [6.07, 6.45) is 0.170. The summed E-state index contributed by atoms with van der Waals surface area (Å²) in [6.45, 7) is 2.27. The Hall–Kier alpha value is -3.00. The molecule has 1 aliphatic rings. The molecule has 0 bridgehead atoms. The molecule has 27 heavy (non-hydrogen) atoms. The lowest BCUT2D eigenvalue weighted by Crippen LogP contribution is -2.39. The van der Waals surface area contributed by atoms with Crippen molar-refractivity contribution in [3.63, 3.8) is 0 Å². The van der Waals surface area contributed by atoms with E-state index in [0.29, 0.717) is 17.4 Å². The normalized spacial score (nSPS) is 16.7. The van der Waals surface area contributed by atoms with Gasteiger partial charge in [0.25, 0.3) is 0 Å². The highest BCUT2D eigenvalue weighted by Gasteiger charge is 2.31. The number of para-hydroxylation sites is 1. The van der Waals surface area contributed by atoms with Crippen LogP contribution in [0.5, 0.6) is 0 Å². The Kier molecular flexibility index (Phi) is 4.49. The van der Waals surface area contributed by atoms with Gasteiger partial charge in [0, 0.05) is 18.7 Å². The largest absolute Gasteiger partial charge is 0.333 e. The van der Waals surface area contributed by atoms with Crippen LogP contribution in [0.2, 0.25) is 0 Å². The van der Waals surface area contributed by atoms with Crippen LogP contribution in [0.1, 0.15) is 12.0 Å². The number of fused-ring (bicyclic) bond motifs is 1. The minimum atomic E-state index is -0.411. The van der Waals surface area contributed by atoms with Gasteiger partial charge in [-0.1, -0.05) is 29.5 Å². The number of urea groups is 1.